The number of hydrazine groups is 1. The molecule has 0 saturated heterocycles. The predicted molar refractivity (Wildman–Crippen MR) is 209 cm³/mol. The third-order valence-electron chi connectivity index (χ3n) is 10.8. The second-order valence-electron chi connectivity index (χ2n) is 15.0. The van der Waals surface area contributed by atoms with E-state index in [1.807, 2.05) is 6.07 Å². The van der Waals surface area contributed by atoms with Crippen LogP contribution in [0.1, 0.15) is 90.3 Å². The van der Waals surface area contributed by atoms with Gasteiger partial charge in [-0.25, -0.2) is 10.2 Å². The fraction of sp³-hybridized carbons (Fsp3) is 0.364. The van der Waals surface area contributed by atoms with Gasteiger partial charge < -0.3 is 15.5 Å². The lowest BCUT2D eigenvalue weighted by molar-refractivity contribution is 0.470. The molecule has 0 radical (unpaired) electrons. The first kappa shape index (κ1) is 35.3. The van der Waals surface area contributed by atoms with E-state index in [1.54, 1.807) is 17.3 Å². The highest BCUT2D eigenvalue weighted by Crippen LogP contribution is 2.48. The Hall–Kier alpha value is -4.55. The summed E-state index contributed by atoms with van der Waals surface area (Å²) < 4.78 is 14.2. The minimum atomic E-state index is -0.330. The van der Waals surface area contributed by atoms with Gasteiger partial charge in [-0.05, 0) is 84.7 Å². The molecule has 50 heavy (non-hydrogen) atoms. The van der Waals surface area contributed by atoms with Crippen LogP contribution in [0.15, 0.2) is 126 Å². The number of fused-ring (bicyclic) bond motifs is 2. The summed E-state index contributed by atoms with van der Waals surface area (Å²) >= 11 is 0. The van der Waals surface area contributed by atoms with Crippen LogP contribution >= 0.6 is 0 Å². The number of nitrogens with zero attached hydrogens (tertiary/aromatic N) is 3. The topological polar surface area (TPSA) is 61.8 Å². The van der Waals surface area contributed by atoms with Gasteiger partial charge in [0.15, 0.2) is 0 Å². The number of anilines is 2. The number of hydrogen-bond acceptors (Lipinski definition) is 5. The van der Waals surface area contributed by atoms with Crippen LogP contribution in [0.4, 0.5) is 15.8 Å². The van der Waals surface area contributed by atoms with Crippen molar-refractivity contribution in [1.29, 1.82) is 0 Å². The molecule has 262 valence electrons. The molecular weight excluding hydrogens is 618 g/mol. The second kappa shape index (κ2) is 14.4. The van der Waals surface area contributed by atoms with Crippen molar-refractivity contribution in [1.82, 2.24) is 5.01 Å². The van der Waals surface area contributed by atoms with Crippen molar-refractivity contribution in [2.45, 2.75) is 90.5 Å². The lowest BCUT2D eigenvalue weighted by Gasteiger charge is -2.33. The highest BCUT2D eigenvalue weighted by atomic mass is 19.1. The summed E-state index contributed by atoms with van der Waals surface area (Å²) in [5.74, 6) is 6.65. The van der Waals surface area contributed by atoms with Gasteiger partial charge in [0.1, 0.15) is 5.82 Å². The van der Waals surface area contributed by atoms with Crippen molar-refractivity contribution < 1.29 is 4.39 Å². The normalized spacial score (nSPS) is 21.4. The number of benzene rings is 3. The van der Waals surface area contributed by atoms with Crippen molar-refractivity contribution in [3.8, 4) is 0 Å². The van der Waals surface area contributed by atoms with Crippen LogP contribution in [0.25, 0.3) is 5.70 Å². The minimum absolute atomic E-state index is 0.0589. The fourth-order valence-electron chi connectivity index (χ4n) is 8.33. The van der Waals surface area contributed by atoms with E-state index in [4.69, 9.17) is 11.6 Å². The van der Waals surface area contributed by atoms with Gasteiger partial charge in [0, 0.05) is 52.8 Å². The molecule has 1 unspecified atom stereocenters. The molecule has 0 aromatic heterocycles. The number of nitrogens with two attached hydrogens (primary N) is 2. The Morgan fingerprint density at radius 3 is 2.30 bits per heavy atom. The van der Waals surface area contributed by atoms with E-state index in [0.717, 1.165) is 56.5 Å². The minimum Gasteiger partial charge on any atom is -0.397 e. The van der Waals surface area contributed by atoms with Gasteiger partial charge in [-0.2, -0.15) is 0 Å². The molecule has 0 amide bonds. The first-order valence-corrected chi connectivity index (χ1v) is 18.3. The zero-order valence-corrected chi connectivity index (χ0v) is 30.7. The Morgan fingerprint density at radius 1 is 0.880 bits per heavy atom. The van der Waals surface area contributed by atoms with E-state index in [-0.39, 0.29) is 22.7 Å². The average molecular weight is 672 g/mol. The van der Waals surface area contributed by atoms with Crippen LogP contribution in [0, 0.1) is 5.82 Å². The van der Waals surface area contributed by atoms with Crippen LogP contribution in [0.2, 0.25) is 0 Å². The van der Waals surface area contributed by atoms with Crippen LogP contribution < -0.4 is 21.4 Å². The van der Waals surface area contributed by atoms with Crippen LogP contribution in [0.3, 0.4) is 0 Å². The molecule has 3 aliphatic rings. The van der Waals surface area contributed by atoms with Crippen LogP contribution in [-0.4, -0.2) is 24.1 Å². The molecule has 2 heterocycles. The molecule has 0 spiro atoms. The number of allylic oxidation sites excluding steroid dienone is 6. The number of halogens is 1. The van der Waals surface area contributed by atoms with Crippen LogP contribution in [0.5, 0.6) is 0 Å². The molecule has 3 aromatic rings. The van der Waals surface area contributed by atoms with Crippen molar-refractivity contribution in [2.75, 3.05) is 22.9 Å². The summed E-state index contributed by atoms with van der Waals surface area (Å²) in [6, 6.07) is 24.1. The summed E-state index contributed by atoms with van der Waals surface area (Å²) in [6.45, 7) is 15.8. The molecule has 5 nitrogen and oxygen atoms in total. The monoisotopic (exact) mass is 671 g/mol. The summed E-state index contributed by atoms with van der Waals surface area (Å²) in [7, 11) is 0. The molecule has 6 rings (SSSR count). The smallest absolute Gasteiger partial charge is 0.123 e. The van der Waals surface area contributed by atoms with Crippen LogP contribution in [-0.2, 0) is 10.8 Å². The lowest BCUT2D eigenvalue weighted by atomic mass is 9.80. The van der Waals surface area contributed by atoms with Crippen molar-refractivity contribution in [2.24, 2.45) is 11.6 Å². The zero-order chi connectivity index (χ0) is 35.6. The molecule has 0 fully saturated rings. The largest absolute Gasteiger partial charge is 0.397 e. The molecule has 2 aliphatic heterocycles. The highest BCUT2D eigenvalue weighted by molar-refractivity contribution is 5.71. The van der Waals surface area contributed by atoms with Gasteiger partial charge in [-0.1, -0.05) is 108 Å². The Bertz CT molecular complexity index is 1880. The van der Waals surface area contributed by atoms with Gasteiger partial charge in [0.2, 0.25) is 0 Å². The van der Waals surface area contributed by atoms with E-state index >= 15 is 0 Å². The van der Waals surface area contributed by atoms with Crippen molar-refractivity contribution >= 4 is 17.1 Å². The number of hydrogen-bond donors (Lipinski definition) is 2. The Kier molecular flexibility index (Phi) is 10.1. The summed E-state index contributed by atoms with van der Waals surface area (Å²) in [6.07, 6.45) is 15.9. The zero-order valence-electron chi connectivity index (χ0n) is 30.7. The number of rotatable bonds is 10. The molecule has 0 saturated carbocycles. The number of para-hydroxylation sites is 2. The van der Waals surface area contributed by atoms with Gasteiger partial charge in [0.05, 0.1) is 17.4 Å². The van der Waals surface area contributed by atoms with E-state index in [0.29, 0.717) is 11.3 Å². The first-order valence-electron chi connectivity index (χ1n) is 18.3. The maximum Gasteiger partial charge on any atom is 0.123 e. The van der Waals surface area contributed by atoms with Crippen molar-refractivity contribution in [3.05, 3.63) is 148 Å². The third kappa shape index (κ3) is 6.54. The Balaban J connectivity index is 1.45. The molecule has 0 bridgehead atoms. The maximum atomic E-state index is 14.2. The van der Waals surface area contributed by atoms with E-state index < -0.39 is 0 Å². The van der Waals surface area contributed by atoms with E-state index in [1.165, 1.54) is 45.9 Å². The standard InChI is InChI=1S/C44H54FN5/c1-7-27-48-38-21-11-9-19-35(38)43(3,4)40(48)25-23-31-15-13-16-32(42(31)50(47)30-37(46)33-17-14-18-34(45)29-33)24-26-41-44(5,6)36-20-10-12-22-39(36)49(41)28-8-2/h9-12,14,17-26,29-30,40H,7-8,13,15-16,27-28,46-47H2,1-6H3/b25-23+,32-24+,37-30-,41-26+. The van der Waals surface area contributed by atoms with E-state index in [9.17, 15) is 4.39 Å². The third-order valence-corrected chi connectivity index (χ3v) is 10.8. The quantitative estimate of drug-likeness (QED) is 0.166. The molecule has 4 N–H and O–H groups in total. The average Bonchev–Trinajstić information content (AvgIpc) is 3.44. The Labute approximate surface area is 299 Å². The molecule has 6 heteroatoms. The van der Waals surface area contributed by atoms with Gasteiger partial charge in [-0.3, -0.25) is 5.01 Å². The fourth-order valence-corrected chi connectivity index (χ4v) is 8.33. The van der Waals surface area contributed by atoms with E-state index in [2.05, 4.69) is 124 Å². The Morgan fingerprint density at radius 2 is 1.58 bits per heavy atom. The molecule has 1 aliphatic carbocycles. The van der Waals surface area contributed by atoms with Gasteiger partial charge in [0.25, 0.3) is 0 Å². The predicted octanol–water partition coefficient (Wildman–Crippen LogP) is 9.85. The van der Waals surface area contributed by atoms with Gasteiger partial charge >= 0.3 is 0 Å². The maximum absolute atomic E-state index is 14.2. The summed E-state index contributed by atoms with van der Waals surface area (Å²) in [5, 5.41) is 1.67. The highest BCUT2D eigenvalue weighted by Gasteiger charge is 2.43. The molecule has 3 aromatic carbocycles. The summed E-state index contributed by atoms with van der Waals surface area (Å²) in [4.78, 5) is 5.03. The van der Waals surface area contributed by atoms with Crippen molar-refractivity contribution in [3.63, 3.8) is 0 Å². The lowest BCUT2D eigenvalue weighted by Crippen LogP contribution is -2.40. The van der Waals surface area contributed by atoms with Gasteiger partial charge in [-0.15, -0.1) is 0 Å². The SMILES string of the molecule is CCCN1/C(=C/C=C2\CCCC(/C=C/C3N(CCC)c4ccccc4C3(C)C)=C2N(N)/C=C(\N)c2cccc(F)c2)C(C)(C)c2ccccc21. The summed E-state index contributed by atoms with van der Waals surface area (Å²) in [5.41, 5.74) is 17.3. The first-order chi connectivity index (χ1) is 24.0. The molecule has 1 atom stereocenters. The second-order valence-corrected chi connectivity index (χ2v) is 15.0. The molecular formula is C44H54FN5.